The van der Waals surface area contributed by atoms with Crippen LogP contribution in [0.3, 0.4) is 0 Å². The molecule has 0 aromatic carbocycles. The van der Waals surface area contributed by atoms with Crippen molar-refractivity contribution in [1.29, 1.82) is 0 Å². The van der Waals surface area contributed by atoms with Crippen molar-refractivity contribution in [2.45, 2.75) is 19.9 Å². The molecular formula is C10H11N3O2. The first kappa shape index (κ1) is 9.64. The second-order valence-electron chi connectivity index (χ2n) is 3.48. The average Bonchev–Trinajstić information content (AvgIpc) is 2.66. The fourth-order valence-electron chi connectivity index (χ4n) is 1.45. The molecule has 0 saturated carbocycles. The number of carbonyl (C=O) groups excluding carboxylic acids is 1. The van der Waals surface area contributed by atoms with Crippen LogP contribution in [0.25, 0.3) is 11.0 Å². The van der Waals surface area contributed by atoms with Gasteiger partial charge in [0.1, 0.15) is 0 Å². The van der Waals surface area contributed by atoms with E-state index in [0.717, 1.165) is 0 Å². The zero-order chi connectivity index (χ0) is 11.0. The van der Waals surface area contributed by atoms with Gasteiger partial charge in [0.25, 0.3) is 5.56 Å². The molecule has 2 aromatic rings. The van der Waals surface area contributed by atoms with Crippen LogP contribution in [-0.2, 0) is 4.79 Å². The number of aromatic nitrogens is 3. The molecule has 1 unspecified atom stereocenters. The van der Waals surface area contributed by atoms with E-state index in [1.54, 1.807) is 19.2 Å². The maximum atomic E-state index is 11.9. The molecule has 0 aliphatic carbocycles. The number of hydrogen-bond donors (Lipinski definition) is 1. The highest BCUT2D eigenvalue weighted by Crippen LogP contribution is 2.07. The molecule has 1 atom stereocenters. The van der Waals surface area contributed by atoms with Crippen LogP contribution in [0.2, 0.25) is 0 Å². The summed E-state index contributed by atoms with van der Waals surface area (Å²) in [5.41, 5.74) is 0.814. The van der Waals surface area contributed by atoms with Crippen molar-refractivity contribution in [2.75, 3.05) is 0 Å². The van der Waals surface area contributed by atoms with Gasteiger partial charge in [0.05, 0.1) is 17.9 Å². The number of H-pyrrole nitrogens is 1. The number of aromatic amines is 1. The number of Topliss-reactive ketones (excluding diaryl/α,β-unsaturated/α-hetero) is 1. The molecule has 2 rings (SSSR count). The second-order valence-corrected chi connectivity index (χ2v) is 3.48. The number of nitrogens with one attached hydrogen (secondary N) is 1. The minimum absolute atomic E-state index is 0.0491. The number of ketones is 1. The Morgan fingerprint density at radius 2 is 2.33 bits per heavy atom. The first-order valence-corrected chi connectivity index (χ1v) is 4.66. The molecule has 0 amide bonds. The Balaban J connectivity index is 2.67. The fourth-order valence-corrected chi connectivity index (χ4v) is 1.45. The number of hydrogen-bond acceptors (Lipinski definition) is 3. The van der Waals surface area contributed by atoms with Crippen molar-refractivity contribution >= 4 is 16.8 Å². The first-order valence-electron chi connectivity index (χ1n) is 4.66. The number of fused-ring (bicyclic) bond motifs is 1. The van der Waals surface area contributed by atoms with Crippen LogP contribution >= 0.6 is 0 Å². The molecule has 0 radical (unpaired) electrons. The van der Waals surface area contributed by atoms with Gasteiger partial charge >= 0.3 is 0 Å². The van der Waals surface area contributed by atoms with Gasteiger partial charge < -0.3 is 9.55 Å². The average molecular weight is 205 g/mol. The number of nitrogens with zero attached hydrogens (tertiary/aromatic N) is 2. The van der Waals surface area contributed by atoms with Crippen LogP contribution < -0.4 is 5.56 Å². The number of pyridine rings is 1. The van der Waals surface area contributed by atoms with Crippen molar-refractivity contribution < 1.29 is 4.79 Å². The third-order valence-corrected chi connectivity index (χ3v) is 2.51. The van der Waals surface area contributed by atoms with Crippen molar-refractivity contribution in [2.24, 2.45) is 0 Å². The molecular weight excluding hydrogens is 194 g/mol. The van der Waals surface area contributed by atoms with Gasteiger partial charge in [0.2, 0.25) is 0 Å². The van der Waals surface area contributed by atoms with E-state index in [4.69, 9.17) is 0 Å². The lowest BCUT2D eigenvalue weighted by molar-refractivity contribution is -0.119. The maximum Gasteiger partial charge on any atom is 0.279 e. The van der Waals surface area contributed by atoms with E-state index in [-0.39, 0.29) is 11.3 Å². The Kier molecular flexibility index (Phi) is 2.15. The van der Waals surface area contributed by atoms with E-state index in [0.29, 0.717) is 11.0 Å². The van der Waals surface area contributed by atoms with Crippen LogP contribution in [-0.4, -0.2) is 20.3 Å². The van der Waals surface area contributed by atoms with Gasteiger partial charge in [-0.15, -0.1) is 0 Å². The zero-order valence-corrected chi connectivity index (χ0v) is 8.52. The van der Waals surface area contributed by atoms with Crippen molar-refractivity contribution in [3.05, 3.63) is 28.9 Å². The quantitative estimate of drug-likeness (QED) is 0.791. The molecule has 5 nitrogen and oxygen atoms in total. The first-order chi connectivity index (χ1) is 7.11. The summed E-state index contributed by atoms with van der Waals surface area (Å²) in [6.07, 6.45) is 3.07. The summed E-state index contributed by atoms with van der Waals surface area (Å²) in [7, 11) is 0. The van der Waals surface area contributed by atoms with Crippen molar-refractivity contribution in [3.8, 4) is 0 Å². The van der Waals surface area contributed by atoms with Gasteiger partial charge in [0, 0.05) is 6.20 Å². The highest BCUT2D eigenvalue weighted by molar-refractivity contribution is 5.80. The second kappa shape index (κ2) is 3.34. The molecule has 0 saturated heterocycles. The van der Waals surface area contributed by atoms with Gasteiger partial charge in [-0.3, -0.25) is 9.59 Å². The Morgan fingerprint density at radius 1 is 1.60 bits per heavy atom. The lowest BCUT2D eigenvalue weighted by Gasteiger charge is -2.10. The SMILES string of the molecule is CC(=O)C(C)n1ccc2[nH]cnc2c1=O. The molecule has 2 aromatic heterocycles. The van der Waals surface area contributed by atoms with E-state index >= 15 is 0 Å². The fraction of sp³-hybridized carbons (Fsp3) is 0.300. The minimum Gasteiger partial charge on any atom is -0.344 e. The molecule has 1 N–H and O–H groups in total. The number of rotatable bonds is 2. The van der Waals surface area contributed by atoms with Crippen LogP contribution in [0.1, 0.15) is 19.9 Å². The van der Waals surface area contributed by atoms with E-state index in [1.165, 1.54) is 17.8 Å². The number of imidazole rings is 1. The third-order valence-electron chi connectivity index (χ3n) is 2.51. The molecule has 0 aliphatic rings. The largest absolute Gasteiger partial charge is 0.344 e. The zero-order valence-electron chi connectivity index (χ0n) is 8.52. The van der Waals surface area contributed by atoms with Crippen LogP contribution in [0.15, 0.2) is 23.4 Å². The summed E-state index contributed by atoms with van der Waals surface area (Å²) in [6.45, 7) is 3.16. The van der Waals surface area contributed by atoms with Crippen LogP contribution in [0.5, 0.6) is 0 Å². The Labute approximate surface area is 85.8 Å². The lowest BCUT2D eigenvalue weighted by atomic mass is 10.2. The van der Waals surface area contributed by atoms with E-state index < -0.39 is 6.04 Å². The highest BCUT2D eigenvalue weighted by Gasteiger charge is 2.13. The van der Waals surface area contributed by atoms with E-state index in [2.05, 4.69) is 9.97 Å². The van der Waals surface area contributed by atoms with E-state index in [1.807, 2.05) is 0 Å². The Morgan fingerprint density at radius 3 is 3.00 bits per heavy atom. The maximum absolute atomic E-state index is 11.9. The lowest BCUT2D eigenvalue weighted by Crippen LogP contribution is -2.26. The molecule has 0 bridgehead atoms. The molecule has 15 heavy (non-hydrogen) atoms. The Hall–Kier alpha value is -1.91. The minimum atomic E-state index is -0.446. The summed E-state index contributed by atoms with van der Waals surface area (Å²) in [6, 6.07) is 1.29. The predicted molar refractivity (Wildman–Crippen MR) is 55.7 cm³/mol. The van der Waals surface area contributed by atoms with Gasteiger partial charge in [-0.2, -0.15) is 0 Å². The van der Waals surface area contributed by atoms with E-state index in [9.17, 15) is 9.59 Å². The van der Waals surface area contributed by atoms with Gasteiger partial charge in [-0.1, -0.05) is 0 Å². The van der Waals surface area contributed by atoms with Crippen molar-refractivity contribution in [3.63, 3.8) is 0 Å². The summed E-state index contributed by atoms with van der Waals surface area (Å²) >= 11 is 0. The molecule has 2 heterocycles. The monoisotopic (exact) mass is 205 g/mol. The summed E-state index contributed by atoms with van der Waals surface area (Å²) < 4.78 is 1.39. The molecule has 0 fully saturated rings. The van der Waals surface area contributed by atoms with Gasteiger partial charge in [-0.05, 0) is 19.9 Å². The van der Waals surface area contributed by atoms with Crippen LogP contribution in [0.4, 0.5) is 0 Å². The summed E-state index contributed by atoms with van der Waals surface area (Å²) in [4.78, 5) is 29.8. The highest BCUT2D eigenvalue weighted by atomic mass is 16.1. The topological polar surface area (TPSA) is 67.8 Å². The molecule has 0 aliphatic heterocycles. The number of carbonyl (C=O) groups is 1. The standard InChI is InChI=1S/C10H11N3O2/c1-6(7(2)14)13-4-3-8-9(10(13)15)12-5-11-8/h3-6H,1-2H3,(H,11,12). The third kappa shape index (κ3) is 1.45. The predicted octanol–water partition coefficient (Wildman–Crippen LogP) is 0.875. The smallest absolute Gasteiger partial charge is 0.279 e. The van der Waals surface area contributed by atoms with Crippen LogP contribution in [0, 0.1) is 0 Å². The molecule has 5 heteroatoms. The summed E-state index contributed by atoms with van der Waals surface area (Å²) in [5.74, 6) is -0.0491. The Bertz CT molecular complexity index is 567. The summed E-state index contributed by atoms with van der Waals surface area (Å²) in [5, 5.41) is 0. The molecule has 0 spiro atoms. The van der Waals surface area contributed by atoms with Crippen molar-refractivity contribution in [1.82, 2.24) is 14.5 Å². The normalized spacial score (nSPS) is 12.9. The van der Waals surface area contributed by atoms with Gasteiger partial charge in [-0.25, -0.2) is 4.98 Å². The van der Waals surface area contributed by atoms with Gasteiger partial charge in [0.15, 0.2) is 11.3 Å². The molecule has 78 valence electrons.